The van der Waals surface area contributed by atoms with Gasteiger partial charge < -0.3 is 5.11 Å². The van der Waals surface area contributed by atoms with Crippen LogP contribution in [0.1, 0.15) is 18.1 Å². The number of halogens is 1. The van der Waals surface area contributed by atoms with Crippen molar-refractivity contribution >= 4 is 23.8 Å². The third-order valence-electron chi connectivity index (χ3n) is 1.98. The molecule has 1 rings (SSSR count). The van der Waals surface area contributed by atoms with Crippen molar-refractivity contribution in [1.82, 2.24) is 0 Å². The van der Waals surface area contributed by atoms with Crippen molar-refractivity contribution in [3.05, 3.63) is 41.2 Å². The van der Waals surface area contributed by atoms with Crippen molar-refractivity contribution in [2.75, 3.05) is 5.75 Å². The molecule has 0 bridgehead atoms. The van der Waals surface area contributed by atoms with E-state index in [0.29, 0.717) is 5.56 Å². The summed E-state index contributed by atoms with van der Waals surface area (Å²) in [6.45, 7) is 2.04. The number of aliphatic carboxylic acids is 1. The van der Waals surface area contributed by atoms with E-state index in [-0.39, 0.29) is 5.82 Å². The fourth-order valence-electron chi connectivity index (χ4n) is 1.23. The molecular weight excluding hydrogens is 227 g/mol. The Labute approximate surface area is 98.2 Å². The maximum absolute atomic E-state index is 13.0. The Morgan fingerprint density at radius 2 is 2.31 bits per heavy atom. The number of hydrogen-bond donors (Lipinski definition) is 1. The fraction of sp³-hybridized carbons (Fsp3) is 0.250. The summed E-state index contributed by atoms with van der Waals surface area (Å²) in [7, 11) is 0. The van der Waals surface area contributed by atoms with Crippen molar-refractivity contribution in [2.24, 2.45) is 0 Å². The third-order valence-corrected chi connectivity index (χ3v) is 2.90. The Bertz CT molecular complexity index is 402. The smallest absolute Gasteiger partial charge is 0.328 e. The number of thioether (sulfide) groups is 1. The van der Waals surface area contributed by atoms with Gasteiger partial charge in [-0.25, -0.2) is 9.18 Å². The molecular formula is C12H13FO2S. The average molecular weight is 240 g/mol. The van der Waals surface area contributed by atoms with Crippen LogP contribution in [0.4, 0.5) is 4.39 Å². The van der Waals surface area contributed by atoms with Crippen LogP contribution in [0.5, 0.6) is 0 Å². The van der Waals surface area contributed by atoms with Gasteiger partial charge in [-0.3, -0.25) is 0 Å². The lowest BCUT2D eigenvalue weighted by Gasteiger charge is -2.05. The third kappa shape index (κ3) is 4.06. The zero-order chi connectivity index (χ0) is 12.0. The van der Waals surface area contributed by atoms with Crippen LogP contribution in [0.15, 0.2) is 24.3 Å². The van der Waals surface area contributed by atoms with Crippen LogP contribution in [-0.4, -0.2) is 16.8 Å². The van der Waals surface area contributed by atoms with E-state index in [1.165, 1.54) is 18.2 Å². The van der Waals surface area contributed by atoms with Gasteiger partial charge in [0.1, 0.15) is 5.82 Å². The largest absolute Gasteiger partial charge is 0.478 e. The van der Waals surface area contributed by atoms with Gasteiger partial charge in [-0.2, -0.15) is 11.8 Å². The quantitative estimate of drug-likeness (QED) is 0.803. The van der Waals surface area contributed by atoms with Crippen molar-refractivity contribution in [2.45, 2.75) is 12.7 Å². The van der Waals surface area contributed by atoms with E-state index in [1.54, 1.807) is 17.8 Å². The Morgan fingerprint density at radius 3 is 2.94 bits per heavy atom. The Hall–Kier alpha value is -1.29. The van der Waals surface area contributed by atoms with Gasteiger partial charge in [0.15, 0.2) is 0 Å². The number of carboxylic acids is 1. The number of carbonyl (C=O) groups is 1. The molecule has 0 saturated carbocycles. The van der Waals surface area contributed by atoms with Crippen LogP contribution in [0, 0.1) is 5.82 Å². The minimum atomic E-state index is -1.03. The van der Waals surface area contributed by atoms with E-state index in [9.17, 15) is 9.18 Å². The summed E-state index contributed by atoms with van der Waals surface area (Å²) in [5.74, 6) is 0.351. The molecule has 1 aromatic rings. The standard InChI is InChI=1S/C12H13FO2S/c1-2-16-8-10-3-5-11(13)7-9(10)4-6-12(14)15/h3-7H,2,8H2,1H3,(H,14,15)/b6-4+. The van der Waals surface area contributed by atoms with E-state index < -0.39 is 5.97 Å². The molecule has 0 radical (unpaired) electrons. The van der Waals surface area contributed by atoms with Gasteiger partial charge in [-0.1, -0.05) is 13.0 Å². The molecule has 0 heterocycles. The van der Waals surface area contributed by atoms with Crippen LogP contribution in [0.25, 0.3) is 6.08 Å². The summed E-state index contributed by atoms with van der Waals surface area (Å²) in [6.07, 6.45) is 2.45. The highest BCUT2D eigenvalue weighted by Crippen LogP contribution is 2.19. The van der Waals surface area contributed by atoms with E-state index >= 15 is 0 Å². The molecule has 0 unspecified atom stereocenters. The van der Waals surface area contributed by atoms with Gasteiger partial charge in [-0.05, 0) is 35.1 Å². The molecule has 0 atom stereocenters. The van der Waals surface area contributed by atoms with Crippen LogP contribution in [0.2, 0.25) is 0 Å². The second kappa shape index (κ2) is 6.33. The normalized spacial score (nSPS) is 10.9. The van der Waals surface area contributed by atoms with Crippen LogP contribution in [-0.2, 0) is 10.5 Å². The zero-order valence-corrected chi connectivity index (χ0v) is 9.76. The summed E-state index contributed by atoms with van der Waals surface area (Å²) < 4.78 is 13.0. The van der Waals surface area contributed by atoms with Gasteiger partial charge in [0.25, 0.3) is 0 Å². The average Bonchev–Trinajstić information content (AvgIpc) is 2.25. The second-order valence-electron chi connectivity index (χ2n) is 3.15. The number of benzene rings is 1. The highest BCUT2D eigenvalue weighted by atomic mass is 32.2. The predicted octanol–water partition coefficient (Wildman–Crippen LogP) is 3.18. The second-order valence-corrected chi connectivity index (χ2v) is 4.43. The summed E-state index contributed by atoms with van der Waals surface area (Å²) in [6, 6.07) is 4.44. The Kier molecular flexibility index (Phi) is 5.05. The van der Waals surface area contributed by atoms with Gasteiger partial charge in [0, 0.05) is 11.8 Å². The number of carboxylic acid groups (broad SMARTS) is 1. The molecule has 0 aromatic heterocycles. The first-order valence-corrected chi connectivity index (χ1v) is 6.06. The fourth-order valence-corrected chi connectivity index (χ4v) is 1.91. The summed E-state index contributed by atoms with van der Waals surface area (Å²) in [5, 5.41) is 8.53. The van der Waals surface area contributed by atoms with E-state index in [0.717, 1.165) is 23.1 Å². The van der Waals surface area contributed by atoms with E-state index in [2.05, 4.69) is 0 Å². The molecule has 16 heavy (non-hydrogen) atoms. The molecule has 0 amide bonds. The molecule has 86 valence electrons. The van der Waals surface area contributed by atoms with Gasteiger partial charge in [0.05, 0.1) is 0 Å². The van der Waals surface area contributed by atoms with Crippen molar-refractivity contribution in [3.8, 4) is 0 Å². The first kappa shape index (κ1) is 12.8. The minimum absolute atomic E-state index is 0.352. The van der Waals surface area contributed by atoms with E-state index in [4.69, 9.17) is 5.11 Å². The molecule has 0 saturated heterocycles. The molecule has 0 spiro atoms. The van der Waals surface area contributed by atoms with Crippen molar-refractivity contribution in [1.29, 1.82) is 0 Å². The molecule has 1 aromatic carbocycles. The number of rotatable bonds is 5. The highest BCUT2D eigenvalue weighted by molar-refractivity contribution is 7.98. The van der Waals surface area contributed by atoms with Crippen molar-refractivity contribution in [3.63, 3.8) is 0 Å². The first-order chi connectivity index (χ1) is 7.63. The van der Waals surface area contributed by atoms with Gasteiger partial charge in [-0.15, -0.1) is 0 Å². The predicted molar refractivity (Wildman–Crippen MR) is 64.9 cm³/mol. The maximum atomic E-state index is 13.0. The maximum Gasteiger partial charge on any atom is 0.328 e. The summed E-state index contributed by atoms with van der Waals surface area (Å²) in [5.41, 5.74) is 1.58. The molecule has 0 aliphatic rings. The van der Waals surface area contributed by atoms with Gasteiger partial charge in [0.2, 0.25) is 0 Å². The first-order valence-electron chi connectivity index (χ1n) is 4.90. The monoisotopic (exact) mass is 240 g/mol. The lowest BCUT2D eigenvalue weighted by molar-refractivity contribution is -0.131. The summed E-state index contributed by atoms with van der Waals surface area (Å²) in [4.78, 5) is 10.4. The topological polar surface area (TPSA) is 37.3 Å². The molecule has 0 aliphatic heterocycles. The summed E-state index contributed by atoms with van der Waals surface area (Å²) >= 11 is 1.71. The lowest BCUT2D eigenvalue weighted by Crippen LogP contribution is -1.91. The SMILES string of the molecule is CCSCc1ccc(F)cc1/C=C/C(=O)O. The minimum Gasteiger partial charge on any atom is -0.478 e. The highest BCUT2D eigenvalue weighted by Gasteiger charge is 2.02. The Morgan fingerprint density at radius 1 is 1.56 bits per heavy atom. The lowest BCUT2D eigenvalue weighted by atomic mass is 10.1. The molecule has 2 nitrogen and oxygen atoms in total. The van der Waals surface area contributed by atoms with Gasteiger partial charge >= 0.3 is 5.97 Å². The van der Waals surface area contributed by atoms with Crippen LogP contribution < -0.4 is 0 Å². The molecule has 0 fully saturated rings. The zero-order valence-electron chi connectivity index (χ0n) is 8.94. The number of hydrogen-bond acceptors (Lipinski definition) is 2. The van der Waals surface area contributed by atoms with Crippen LogP contribution >= 0.6 is 11.8 Å². The van der Waals surface area contributed by atoms with Crippen LogP contribution in [0.3, 0.4) is 0 Å². The molecule has 4 heteroatoms. The van der Waals surface area contributed by atoms with E-state index in [1.807, 2.05) is 6.92 Å². The molecule has 0 aliphatic carbocycles. The van der Waals surface area contributed by atoms with Crippen molar-refractivity contribution < 1.29 is 14.3 Å². The Balaban J connectivity index is 2.93. The molecule has 1 N–H and O–H groups in total.